The summed E-state index contributed by atoms with van der Waals surface area (Å²) in [6, 6.07) is 10.4. The van der Waals surface area contributed by atoms with Gasteiger partial charge in [-0.25, -0.2) is 0 Å². The Balaban J connectivity index is 1.33. The predicted molar refractivity (Wildman–Crippen MR) is 90.8 cm³/mol. The second kappa shape index (κ2) is 6.49. The van der Waals surface area contributed by atoms with Crippen molar-refractivity contribution in [1.29, 1.82) is 0 Å². The molecule has 0 atom stereocenters. The van der Waals surface area contributed by atoms with Gasteiger partial charge >= 0.3 is 0 Å². The molecule has 6 nitrogen and oxygen atoms in total. The first-order valence-corrected chi connectivity index (χ1v) is 8.29. The molecule has 0 bridgehead atoms. The third-order valence-corrected chi connectivity index (χ3v) is 4.45. The molecule has 3 aromatic rings. The van der Waals surface area contributed by atoms with Crippen molar-refractivity contribution in [1.82, 2.24) is 20.1 Å². The van der Waals surface area contributed by atoms with Crippen LogP contribution in [0, 0.1) is 0 Å². The van der Waals surface area contributed by atoms with Gasteiger partial charge in [0.05, 0.1) is 13.2 Å². The standard InChI is InChI=1S/C18H20N4O2/c23-18(17-14-12-24-11-7-15(14)20-21-17)19-8-3-9-22-10-6-13-4-1-2-5-16(13)22/h1-2,4-6,10H,3,7-9,11-12H2,(H,19,23)(H,20,21). The Hall–Kier alpha value is -2.60. The van der Waals surface area contributed by atoms with Crippen LogP contribution in [0.25, 0.3) is 10.9 Å². The summed E-state index contributed by atoms with van der Waals surface area (Å²) in [5.74, 6) is -0.129. The van der Waals surface area contributed by atoms with Gasteiger partial charge in [0.25, 0.3) is 5.91 Å². The lowest BCUT2D eigenvalue weighted by atomic mass is 10.1. The van der Waals surface area contributed by atoms with Crippen LogP contribution in [-0.2, 0) is 24.3 Å². The molecule has 124 valence electrons. The third-order valence-electron chi connectivity index (χ3n) is 4.45. The number of para-hydroxylation sites is 1. The van der Waals surface area contributed by atoms with E-state index in [-0.39, 0.29) is 5.91 Å². The largest absolute Gasteiger partial charge is 0.376 e. The maximum Gasteiger partial charge on any atom is 0.272 e. The quantitative estimate of drug-likeness (QED) is 0.707. The van der Waals surface area contributed by atoms with Crippen molar-refractivity contribution in [3.63, 3.8) is 0 Å². The van der Waals surface area contributed by atoms with E-state index in [1.54, 1.807) is 0 Å². The molecule has 0 aliphatic carbocycles. The predicted octanol–water partition coefficient (Wildman–Crippen LogP) is 2.26. The van der Waals surface area contributed by atoms with Gasteiger partial charge in [-0.15, -0.1) is 0 Å². The van der Waals surface area contributed by atoms with Crippen molar-refractivity contribution in [2.45, 2.75) is 26.0 Å². The molecule has 6 heteroatoms. The van der Waals surface area contributed by atoms with Crippen LogP contribution in [0.15, 0.2) is 36.5 Å². The number of hydrogen-bond donors (Lipinski definition) is 2. The van der Waals surface area contributed by atoms with Crippen LogP contribution < -0.4 is 5.32 Å². The zero-order chi connectivity index (χ0) is 16.4. The number of aromatic nitrogens is 3. The number of carbonyl (C=O) groups is 1. The van der Waals surface area contributed by atoms with E-state index in [0.29, 0.717) is 25.5 Å². The molecule has 2 aromatic heterocycles. The molecule has 0 saturated heterocycles. The summed E-state index contributed by atoms with van der Waals surface area (Å²) >= 11 is 0. The normalized spacial score (nSPS) is 13.8. The van der Waals surface area contributed by atoms with Crippen molar-refractivity contribution in [2.24, 2.45) is 0 Å². The van der Waals surface area contributed by atoms with Crippen LogP contribution in [-0.4, -0.2) is 33.8 Å². The minimum atomic E-state index is -0.129. The van der Waals surface area contributed by atoms with Crippen LogP contribution in [0.5, 0.6) is 0 Å². The molecule has 0 saturated carbocycles. The molecule has 1 amide bonds. The second-order valence-corrected chi connectivity index (χ2v) is 6.01. The fourth-order valence-corrected chi connectivity index (χ4v) is 3.17. The summed E-state index contributed by atoms with van der Waals surface area (Å²) in [6.45, 7) is 2.63. The Labute approximate surface area is 139 Å². The van der Waals surface area contributed by atoms with Gasteiger partial charge in [-0.2, -0.15) is 5.10 Å². The Morgan fingerprint density at radius 3 is 3.21 bits per heavy atom. The maximum atomic E-state index is 12.3. The summed E-state index contributed by atoms with van der Waals surface area (Å²) in [5.41, 5.74) is 3.61. The summed E-state index contributed by atoms with van der Waals surface area (Å²) in [4.78, 5) is 12.3. The van der Waals surface area contributed by atoms with Gasteiger partial charge in [0, 0.05) is 42.5 Å². The van der Waals surface area contributed by atoms with Crippen molar-refractivity contribution in [3.05, 3.63) is 53.5 Å². The van der Waals surface area contributed by atoms with Crippen LogP contribution >= 0.6 is 0 Å². The molecule has 0 fully saturated rings. The Bertz CT molecular complexity index is 865. The SMILES string of the molecule is O=C(NCCCn1ccc2ccccc21)c1n[nH]c2c1COCC2. The van der Waals surface area contributed by atoms with Gasteiger partial charge in [-0.3, -0.25) is 9.89 Å². The Kier molecular flexibility index (Phi) is 4.04. The van der Waals surface area contributed by atoms with E-state index in [4.69, 9.17) is 4.74 Å². The van der Waals surface area contributed by atoms with Gasteiger partial charge in [0.2, 0.25) is 0 Å². The summed E-state index contributed by atoms with van der Waals surface area (Å²) in [5, 5.41) is 11.3. The van der Waals surface area contributed by atoms with Crippen LogP contribution in [0.3, 0.4) is 0 Å². The third kappa shape index (κ3) is 2.80. The number of hydrogen-bond acceptors (Lipinski definition) is 3. The molecule has 0 radical (unpaired) electrons. The van der Waals surface area contributed by atoms with E-state index in [9.17, 15) is 4.79 Å². The van der Waals surface area contributed by atoms with E-state index in [2.05, 4.69) is 44.5 Å². The smallest absolute Gasteiger partial charge is 0.272 e. The second-order valence-electron chi connectivity index (χ2n) is 6.01. The zero-order valence-electron chi connectivity index (χ0n) is 13.4. The first kappa shape index (κ1) is 15.0. The van der Waals surface area contributed by atoms with Crippen molar-refractivity contribution in [2.75, 3.05) is 13.2 Å². The van der Waals surface area contributed by atoms with Gasteiger partial charge in [-0.05, 0) is 23.9 Å². The molecule has 1 aliphatic heterocycles. The van der Waals surface area contributed by atoms with Gasteiger partial charge < -0.3 is 14.6 Å². The lowest BCUT2D eigenvalue weighted by Gasteiger charge is -2.12. The van der Waals surface area contributed by atoms with E-state index in [0.717, 1.165) is 30.6 Å². The number of carbonyl (C=O) groups excluding carboxylic acids is 1. The number of fused-ring (bicyclic) bond motifs is 2. The Morgan fingerprint density at radius 2 is 2.25 bits per heavy atom. The molecule has 0 unspecified atom stereocenters. The van der Waals surface area contributed by atoms with Crippen molar-refractivity contribution in [3.8, 4) is 0 Å². The molecule has 0 spiro atoms. The summed E-state index contributed by atoms with van der Waals surface area (Å²) in [7, 11) is 0. The number of nitrogens with one attached hydrogen (secondary N) is 2. The van der Waals surface area contributed by atoms with E-state index in [1.807, 2.05) is 12.1 Å². The zero-order valence-corrected chi connectivity index (χ0v) is 13.4. The highest BCUT2D eigenvalue weighted by atomic mass is 16.5. The van der Waals surface area contributed by atoms with Crippen molar-refractivity contribution < 1.29 is 9.53 Å². The summed E-state index contributed by atoms with van der Waals surface area (Å²) < 4.78 is 7.63. The number of nitrogens with zero attached hydrogens (tertiary/aromatic N) is 2. The number of benzene rings is 1. The first-order chi connectivity index (χ1) is 11.8. The first-order valence-electron chi connectivity index (χ1n) is 8.29. The minimum absolute atomic E-state index is 0.129. The maximum absolute atomic E-state index is 12.3. The molecule has 3 heterocycles. The average Bonchev–Trinajstić information content (AvgIpc) is 3.23. The molecular weight excluding hydrogens is 304 g/mol. The molecule has 1 aromatic carbocycles. The molecular formula is C18H20N4O2. The average molecular weight is 324 g/mol. The highest BCUT2D eigenvalue weighted by Gasteiger charge is 2.21. The number of aryl methyl sites for hydroxylation is 1. The molecule has 1 aliphatic rings. The number of aromatic amines is 1. The van der Waals surface area contributed by atoms with Gasteiger partial charge in [0.1, 0.15) is 0 Å². The lowest BCUT2D eigenvalue weighted by Crippen LogP contribution is -2.27. The Morgan fingerprint density at radius 1 is 1.33 bits per heavy atom. The molecule has 24 heavy (non-hydrogen) atoms. The fraction of sp³-hybridized carbons (Fsp3) is 0.333. The topological polar surface area (TPSA) is 71.9 Å². The fourth-order valence-electron chi connectivity index (χ4n) is 3.17. The highest BCUT2D eigenvalue weighted by Crippen LogP contribution is 2.18. The monoisotopic (exact) mass is 324 g/mol. The van der Waals surface area contributed by atoms with Gasteiger partial charge in [-0.1, -0.05) is 18.2 Å². The summed E-state index contributed by atoms with van der Waals surface area (Å²) in [6.07, 6.45) is 3.75. The minimum Gasteiger partial charge on any atom is -0.376 e. The van der Waals surface area contributed by atoms with Crippen LogP contribution in [0.2, 0.25) is 0 Å². The number of amides is 1. The van der Waals surface area contributed by atoms with E-state index >= 15 is 0 Å². The van der Waals surface area contributed by atoms with E-state index in [1.165, 1.54) is 10.9 Å². The van der Waals surface area contributed by atoms with Crippen LogP contribution in [0.1, 0.15) is 28.2 Å². The number of ether oxygens (including phenoxy) is 1. The molecule has 4 rings (SSSR count). The van der Waals surface area contributed by atoms with Crippen molar-refractivity contribution >= 4 is 16.8 Å². The molecule has 2 N–H and O–H groups in total. The van der Waals surface area contributed by atoms with Crippen LogP contribution in [0.4, 0.5) is 0 Å². The van der Waals surface area contributed by atoms with E-state index < -0.39 is 0 Å². The number of H-pyrrole nitrogens is 1. The van der Waals surface area contributed by atoms with Gasteiger partial charge in [0.15, 0.2) is 5.69 Å². The lowest BCUT2D eigenvalue weighted by molar-refractivity contribution is 0.0924. The highest BCUT2D eigenvalue weighted by molar-refractivity contribution is 5.93. The number of rotatable bonds is 5.